The molecule has 1 heterocycles. The van der Waals surface area contributed by atoms with Crippen molar-refractivity contribution in [3.8, 4) is 5.75 Å². The Morgan fingerprint density at radius 2 is 1.72 bits per heavy atom. The lowest BCUT2D eigenvalue weighted by atomic mass is 9.87. The number of halogens is 1. The van der Waals surface area contributed by atoms with Crippen LogP contribution in [0.25, 0.3) is 0 Å². The summed E-state index contributed by atoms with van der Waals surface area (Å²) in [6, 6.07) is 20.8. The van der Waals surface area contributed by atoms with Crippen LogP contribution in [-0.4, -0.2) is 10.1 Å². The molecule has 25 heavy (non-hydrogen) atoms. The molecule has 0 aliphatic carbocycles. The lowest BCUT2D eigenvalue weighted by molar-refractivity contribution is 0.476. The molecular weight excluding hydrogens is 332 g/mol. The minimum Gasteiger partial charge on any atom is -0.506 e. The van der Waals surface area contributed by atoms with Crippen LogP contribution < -0.4 is 5.32 Å². The van der Waals surface area contributed by atoms with E-state index in [4.69, 9.17) is 11.6 Å². The van der Waals surface area contributed by atoms with Crippen LogP contribution >= 0.6 is 11.6 Å². The first-order chi connectivity index (χ1) is 12.2. The van der Waals surface area contributed by atoms with Crippen molar-refractivity contribution in [3.05, 3.63) is 102 Å². The van der Waals surface area contributed by atoms with Gasteiger partial charge in [0.2, 0.25) is 0 Å². The van der Waals surface area contributed by atoms with Crippen molar-refractivity contribution >= 4 is 17.3 Å². The molecule has 0 aliphatic heterocycles. The first-order valence-corrected chi connectivity index (χ1v) is 8.41. The van der Waals surface area contributed by atoms with Gasteiger partial charge in [0, 0.05) is 12.1 Å². The molecule has 2 N–H and O–H groups in total. The molecule has 3 nitrogen and oxygen atoms in total. The van der Waals surface area contributed by atoms with Gasteiger partial charge in [-0.15, -0.1) is 6.58 Å². The number of hydrogen-bond donors (Lipinski definition) is 2. The Morgan fingerprint density at radius 3 is 2.40 bits per heavy atom. The van der Waals surface area contributed by atoms with Gasteiger partial charge in [-0.1, -0.05) is 66.2 Å². The number of anilines is 1. The van der Waals surface area contributed by atoms with E-state index in [-0.39, 0.29) is 17.7 Å². The SMILES string of the molecule is C=C[C@H](c1cccnc1Cl)[C@@H](Nc1ccccc1O)c1ccccc1. The topological polar surface area (TPSA) is 45.2 Å². The van der Waals surface area contributed by atoms with E-state index in [1.165, 1.54) is 0 Å². The zero-order valence-electron chi connectivity index (χ0n) is 13.6. The quantitative estimate of drug-likeness (QED) is 0.347. The smallest absolute Gasteiger partial charge is 0.138 e. The third-order valence-corrected chi connectivity index (χ3v) is 4.45. The summed E-state index contributed by atoms with van der Waals surface area (Å²) in [5.41, 5.74) is 2.61. The number of phenolic OH excluding ortho intramolecular Hbond substituents is 1. The summed E-state index contributed by atoms with van der Waals surface area (Å²) in [5.74, 6) is 0.0757. The second-order valence-corrected chi connectivity index (χ2v) is 6.05. The largest absolute Gasteiger partial charge is 0.506 e. The van der Waals surface area contributed by atoms with E-state index in [1.807, 2.05) is 60.7 Å². The average molecular weight is 351 g/mol. The third-order valence-electron chi connectivity index (χ3n) is 4.13. The van der Waals surface area contributed by atoms with Gasteiger partial charge in [-0.2, -0.15) is 0 Å². The Hall–Kier alpha value is -2.78. The van der Waals surface area contributed by atoms with Crippen LogP contribution in [-0.2, 0) is 0 Å². The van der Waals surface area contributed by atoms with Crippen LogP contribution in [0.1, 0.15) is 23.1 Å². The second-order valence-electron chi connectivity index (χ2n) is 5.69. The van der Waals surface area contributed by atoms with Crippen LogP contribution in [0.15, 0.2) is 85.6 Å². The molecule has 0 fully saturated rings. The van der Waals surface area contributed by atoms with Gasteiger partial charge in [0.15, 0.2) is 0 Å². The number of aromatic nitrogens is 1. The number of aromatic hydroxyl groups is 1. The molecule has 0 radical (unpaired) electrons. The van der Waals surface area contributed by atoms with E-state index in [1.54, 1.807) is 18.3 Å². The fourth-order valence-corrected chi connectivity index (χ4v) is 3.14. The number of phenols is 1. The summed E-state index contributed by atoms with van der Waals surface area (Å²) < 4.78 is 0. The highest BCUT2D eigenvalue weighted by Gasteiger charge is 2.25. The van der Waals surface area contributed by atoms with E-state index in [0.29, 0.717) is 10.8 Å². The molecule has 2 aromatic carbocycles. The predicted molar refractivity (Wildman–Crippen MR) is 103 cm³/mol. The maximum absolute atomic E-state index is 10.2. The van der Waals surface area contributed by atoms with Crippen molar-refractivity contribution in [2.75, 3.05) is 5.32 Å². The van der Waals surface area contributed by atoms with E-state index in [2.05, 4.69) is 16.9 Å². The van der Waals surface area contributed by atoms with Crippen LogP contribution in [0.2, 0.25) is 5.15 Å². The second kappa shape index (κ2) is 7.86. The number of hydrogen-bond acceptors (Lipinski definition) is 3. The van der Waals surface area contributed by atoms with Crippen molar-refractivity contribution in [2.24, 2.45) is 0 Å². The van der Waals surface area contributed by atoms with Crippen molar-refractivity contribution < 1.29 is 5.11 Å². The van der Waals surface area contributed by atoms with Gasteiger partial charge in [0.1, 0.15) is 10.9 Å². The fraction of sp³-hybridized carbons (Fsp3) is 0.0952. The van der Waals surface area contributed by atoms with Crippen molar-refractivity contribution in [1.82, 2.24) is 4.98 Å². The van der Waals surface area contributed by atoms with E-state index in [0.717, 1.165) is 11.1 Å². The number of pyridine rings is 1. The standard InChI is InChI=1S/C21H19ClN2O/c1-2-16(17-11-8-14-23-21(17)22)20(15-9-4-3-5-10-15)24-18-12-6-7-13-19(18)25/h2-14,16,20,24-25H,1H2/t16-,20+/m1/s1. The number of rotatable bonds is 6. The number of para-hydroxylation sites is 2. The highest BCUT2D eigenvalue weighted by Crippen LogP contribution is 2.38. The number of nitrogens with zero attached hydrogens (tertiary/aromatic N) is 1. The van der Waals surface area contributed by atoms with E-state index in [9.17, 15) is 5.11 Å². The molecule has 0 saturated heterocycles. The van der Waals surface area contributed by atoms with Crippen molar-refractivity contribution in [1.29, 1.82) is 0 Å². The summed E-state index contributed by atoms with van der Waals surface area (Å²) in [6.07, 6.45) is 3.52. The minimum absolute atomic E-state index is 0.122. The average Bonchev–Trinajstić information content (AvgIpc) is 2.65. The van der Waals surface area contributed by atoms with Gasteiger partial charge < -0.3 is 10.4 Å². The maximum Gasteiger partial charge on any atom is 0.138 e. The predicted octanol–water partition coefficient (Wildman–Crippen LogP) is 5.56. The lowest BCUT2D eigenvalue weighted by Gasteiger charge is -2.28. The molecular formula is C21H19ClN2O. The van der Waals surface area contributed by atoms with Gasteiger partial charge >= 0.3 is 0 Å². The van der Waals surface area contributed by atoms with Gasteiger partial charge in [0.25, 0.3) is 0 Å². The molecule has 2 atom stereocenters. The molecule has 126 valence electrons. The summed E-state index contributed by atoms with van der Waals surface area (Å²) in [5, 5.41) is 14.0. The Kier molecular flexibility index (Phi) is 5.36. The van der Waals surface area contributed by atoms with Crippen LogP contribution in [0.4, 0.5) is 5.69 Å². The highest BCUT2D eigenvalue weighted by atomic mass is 35.5. The monoisotopic (exact) mass is 350 g/mol. The van der Waals surface area contributed by atoms with E-state index >= 15 is 0 Å². The molecule has 3 rings (SSSR count). The Morgan fingerprint density at radius 1 is 1.00 bits per heavy atom. The Labute approximate surface area is 152 Å². The minimum atomic E-state index is -0.159. The van der Waals surface area contributed by atoms with E-state index < -0.39 is 0 Å². The third kappa shape index (κ3) is 3.83. The van der Waals surface area contributed by atoms with Gasteiger partial charge in [-0.3, -0.25) is 0 Å². The molecule has 4 heteroatoms. The Balaban J connectivity index is 2.06. The molecule has 0 aliphatic rings. The van der Waals surface area contributed by atoms with Crippen LogP contribution in [0.5, 0.6) is 5.75 Å². The fourth-order valence-electron chi connectivity index (χ4n) is 2.89. The van der Waals surface area contributed by atoms with Gasteiger partial charge in [-0.05, 0) is 29.3 Å². The van der Waals surface area contributed by atoms with Crippen molar-refractivity contribution in [2.45, 2.75) is 12.0 Å². The molecule has 0 saturated carbocycles. The molecule has 1 aromatic heterocycles. The Bertz CT molecular complexity index is 851. The first kappa shape index (κ1) is 17.1. The van der Waals surface area contributed by atoms with Crippen LogP contribution in [0.3, 0.4) is 0 Å². The van der Waals surface area contributed by atoms with Gasteiger partial charge in [-0.25, -0.2) is 4.98 Å². The molecule has 0 bridgehead atoms. The summed E-state index contributed by atoms with van der Waals surface area (Å²) >= 11 is 6.33. The van der Waals surface area contributed by atoms with Crippen LogP contribution in [0, 0.1) is 0 Å². The highest BCUT2D eigenvalue weighted by molar-refractivity contribution is 6.30. The number of nitrogens with one attached hydrogen (secondary N) is 1. The molecule has 3 aromatic rings. The normalized spacial score (nSPS) is 13.0. The number of benzene rings is 2. The summed E-state index contributed by atoms with van der Waals surface area (Å²) in [7, 11) is 0. The zero-order chi connectivity index (χ0) is 17.6. The first-order valence-electron chi connectivity index (χ1n) is 8.03. The summed E-state index contributed by atoms with van der Waals surface area (Å²) in [6.45, 7) is 4.00. The molecule has 0 amide bonds. The van der Waals surface area contributed by atoms with Crippen molar-refractivity contribution in [3.63, 3.8) is 0 Å². The van der Waals surface area contributed by atoms with Gasteiger partial charge in [0.05, 0.1) is 11.7 Å². The summed E-state index contributed by atoms with van der Waals surface area (Å²) in [4.78, 5) is 4.19. The maximum atomic E-state index is 10.2. The lowest BCUT2D eigenvalue weighted by Crippen LogP contribution is -2.19. The zero-order valence-corrected chi connectivity index (χ0v) is 14.4. The molecule has 0 unspecified atom stereocenters. The molecule has 0 spiro atoms.